The summed E-state index contributed by atoms with van der Waals surface area (Å²) < 4.78 is 29.4. The van der Waals surface area contributed by atoms with Gasteiger partial charge in [-0.25, -0.2) is 0 Å². The van der Waals surface area contributed by atoms with E-state index in [0.29, 0.717) is 23.0 Å². The van der Waals surface area contributed by atoms with E-state index >= 15 is 0 Å². The van der Waals surface area contributed by atoms with Crippen LogP contribution in [-0.4, -0.2) is 38.7 Å². The van der Waals surface area contributed by atoms with E-state index in [1.54, 1.807) is 52.7 Å². The largest absolute Gasteiger partial charge is 0.508 e. The molecule has 7 heteroatoms. The molecule has 4 aromatic rings. The lowest BCUT2D eigenvalue weighted by Gasteiger charge is -2.27. The van der Waals surface area contributed by atoms with Crippen LogP contribution in [0.1, 0.15) is 46.3 Å². The molecule has 1 saturated heterocycles. The van der Waals surface area contributed by atoms with Crippen molar-refractivity contribution in [2.75, 3.05) is 28.4 Å². The van der Waals surface area contributed by atoms with E-state index in [1.807, 2.05) is 60.7 Å². The van der Waals surface area contributed by atoms with E-state index in [0.717, 1.165) is 22.3 Å². The molecular weight excluding hydrogens is 496 g/mol. The third kappa shape index (κ3) is 5.31. The second-order valence-electron chi connectivity index (χ2n) is 9.50. The van der Waals surface area contributed by atoms with Crippen molar-refractivity contribution in [2.24, 2.45) is 0 Å². The average Bonchev–Trinajstić information content (AvgIpc) is 3.38. The highest BCUT2D eigenvalue weighted by atomic mass is 16.5. The normalized spacial score (nSPS) is 20.4. The molecule has 0 saturated carbocycles. The molecule has 1 aliphatic rings. The summed E-state index contributed by atoms with van der Waals surface area (Å²) in [5.41, 5.74) is 3.77. The smallest absolute Gasteiger partial charge is 0.122 e. The van der Waals surface area contributed by atoms with Crippen LogP contribution < -0.4 is 18.9 Å². The first-order valence-electron chi connectivity index (χ1n) is 12.6. The van der Waals surface area contributed by atoms with Gasteiger partial charge in [0, 0.05) is 24.0 Å². The fraction of sp³-hybridized carbons (Fsp3) is 0.250. The van der Waals surface area contributed by atoms with E-state index in [9.17, 15) is 10.2 Å². The molecule has 0 unspecified atom stereocenters. The minimum absolute atomic E-state index is 0.181. The molecule has 1 fully saturated rings. The van der Waals surface area contributed by atoms with E-state index in [4.69, 9.17) is 23.7 Å². The van der Waals surface area contributed by atoms with Gasteiger partial charge in [0.05, 0.1) is 40.6 Å². The Balaban J connectivity index is 1.76. The average molecular weight is 529 g/mol. The molecule has 202 valence electrons. The standard InChI is InChI=1S/C32H32O7/c1-35-25-13-21(14-26(17-25)36-2)29-30(22-15-27(37-3)18-28(16-22)38-4)32(20-7-11-24(34)12-8-20)39-31(29)19-5-9-23(33)10-6-19/h5-18,29-34H,1-4H3/t29-,30-,31-,32+/m1/s1. The maximum Gasteiger partial charge on any atom is 0.122 e. The zero-order chi connectivity index (χ0) is 27.5. The van der Waals surface area contributed by atoms with Gasteiger partial charge in [0.2, 0.25) is 0 Å². The number of phenolic OH excluding ortho intramolecular Hbond substituents is 2. The lowest BCUT2D eigenvalue weighted by molar-refractivity contribution is 0.0366. The quantitative estimate of drug-likeness (QED) is 0.270. The highest BCUT2D eigenvalue weighted by Crippen LogP contribution is 2.60. The molecule has 0 aliphatic carbocycles. The topological polar surface area (TPSA) is 86.6 Å². The van der Waals surface area contributed by atoms with Crippen molar-refractivity contribution in [3.8, 4) is 34.5 Å². The van der Waals surface area contributed by atoms with Crippen molar-refractivity contribution in [1.82, 2.24) is 0 Å². The van der Waals surface area contributed by atoms with Gasteiger partial charge in [-0.15, -0.1) is 0 Å². The molecular formula is C32H32O7. The monoisotopic (exact) mass is 528 g/mol. The Morgan fingerprint density at radius 3 is 1.05 bits per heavy atom. The van der Waals surface area contributed by atoms with Crippen LogP contribution in [-0.2, 0) is 4.74 Å². The number of hydrogen-bond donors (Lipinski definition) is 2. The van der Waals surface area contributed by atoms with Crippen molar-refractivity contribution in [3.05, 3.63) is 107 Å². The van der Waals surface area contributed by atoms with Crippen LogP contribution in [0.2, 0.25) is 0 Å². The zero-order valence-electron chi connectivity index (χ0n) is 22.3. The highest BCUT2D eigenvalue weighted by molar-refractivity contribution is 5.48. The summed E-state index contributed by atoms with van der Waals surface area (Å²) in [6.45, 7) is 0. The summed E-state index contributed by atoms with van der Waals surface area (Å²) in [5.74, 6) is 2.64. The number of aromatic hydroxyl groups is 2. The van der Waals surface area contributed by atoms with Crippen LogP contribution in [0.25, 0.3) is 0 Å². The molecule has 1 aliphatic heterocycles. The second-order valence-corrected chi connectivity index (χ2v) is 9.50. The Bertz CT molecular complexity index is 1260. The van der Waals surface area contributed by atoms with E-state index in [1.165, 1.54) is 0 Å². The maximum atomic E-state index is 10.00. The van der Waals surface area contributed by atoms with Crippen LogP contribution in [0.4, 0.5) is 0 Å². The Hall–Kier alpha value is -4.36. The first-order chi connectivity index (χ1) is 18.9. The fourth-order valence-electron chi connectivity index (χ4n) is 5.41. The van der Waals surface area contributed by atoms with Crippen LogP contribution in [0, 0.1) is 0 Å². The highest BCUT2D eigenvalue weighted by Gasteiger charge is 2.47. The first-order valence-corrected chi connectivity index (χ1v) is 12.6. The van der Waals surface area contributed by atoms with Crippen molar-refractivity contribution >= 4 is 0 Å². The van der Waals surface area contributed by atoms with Crippen molar-refractivity contribution < 1.29 is 33.9 Å². The molecule has 0 aromatic heterocycles. The molecule has 2 N–H and O–H groups in total. The van der Waals surface area contributed by atoms with Gasteiger partial charge in [-0.3, -0.25) is 0 Å². The second kappa shape index (κ2) is 11.2. The molecule has 7 nitrogen and oxygen atoms in total. The van der Waals surface area contributed by atoms with Gasteiger partial charge in [0.15, 0.2) is 0 Å². The van der Waals surface area contributed by atoms with Crippen LogP contribution in [0.3, 0.4) is 0 Å². The number of hydrogen-bond acceptors (Lipinski definition) is 7. The van der Waals surface area contributed by atoms with Crippen LogP contribution >= 0.6 is 0 Å². The van der Waals surface area contributed by atoms with Gasteiger partial charge in [-0.2, -0.15) is 0 Å². The summed E-state index contributed by atoms with van der Waals surface area (Å²) in [4.78, 5) is 0. The number of benzene rings is 4. The molecule has 0 bridgehead atoms. The van der Waals surface area contributed by atoms with Gasteiger partial charge >= 0.3 is 0 Å². The number of rotatable bonds is 8. The summed E-state index contributed by atoms with van der Waals surface area (Å²) in [5, 5.41) is 20.0. The van der Waals surface area contributed by atoms with Crippen molar-refractivity contribution in [3.63, 3.8) is 0 Å². The Kier molecular flexibility index (Phi) is 7.52. The number of ether oxygens (including phenoxy) is 5. The summed E-state index contributed by atoms with van der Waals surface area (Å²) in [7, 11) is 6.52. The lowest BCUT2D eigenvalue weighted by atomic mass is 9.75. The van der Waals surface area contributed by atoms with E-state index in [-0.39, 0.29) is 35.5 Å². The predicted octanol–water partition coefficient (Wildman–Crippen LogP) is 6.51. The Labute approximate surface area is 228 Å². The number of phenols is 2. The van der Waals surface area contributed by atoms with E-state index < -0.39 is 0 Å². The zero-order valence-corrected chi connectivity index (χ0v) is 22.3. The van der Waals surface area contributed by atoms with Gasteiger partial charge in [-0.1, -0.05) is 24.3 Å². The van der Waals surface area contributed by atoms with Gasteiger partial charge in [-0.05, 0) is 70.8 Å². The first kappa shape index (κ1) is 26.3. The molecule has 4 atom stereocenters. The SMILES string of the molecule is COc1cc(OC)cc([C@@H]2[C@@H](c3cc(OC)cc(OC)c3)[C@H](c3ccc(O)cc3)O[C@@H]2c2ccc(O)cc2)c1. The Morgan fingerprint density at radius 1 is 0.462 bits per heavy atom. The van der Waals surface area contributed by atoms with Crippen molar-refractivity contribution in [1.29, 1.82) is 0 Å². The summed E-state index contributed by atoms with van der Waals surface area (Å²) in [6, 6.07) is 25.9. The molecule has 0 radical (unpaired) electrons. The maximum absolute atomic E-state index is 10.00. The van der Waals surface area contributed by atoms with Gasteiger partial charge in [0.1, 0.15) is 34.5 Å². The molecule has 4 aromatic carbocycles. The predicted molar refractivity (Wildman–Crippen MR) is 147 cm³/mol. The lowest BCUT2D eigenvalue weighted by Crippen LogP contribution is -2.14. The number of methoxy groups -OCH3 is 4. The third-order valence-corrected chi connectivity index (χ3v) is 7.29. The van der Waals surface area contributed by atoms with E-state index in [2.05, 4.69) is 0 Å². The molecule has 1 heterocycles. The minimum atomic E-state index is -0.386. The molecule has 0 amide bonds. The molecule has 0 spiro atoms. The third-order valence-electron chi connectivity index (χ3n) is 7.29. The summed E-state index contributed by atoms with van der Waals surface area (Å²) in [6.07, 6.45) is -0.771. The van der Waals surface area contributed by atoms with Crippen LogP contribution in [0.15, 0.2) is 84.9 Å². The Morgan fingerprint density at radius 2 is 0.769 bits per heavy atom. The minimum Gasteiger partial charge on any atom is -0.508 e. The van der Waals surface area contributed by atoms with Gasteiger partial charge < -0.3 is 33.9 Å². The summed E-state index contributed by atoms with van der Waals surface area (Å²) >= 11 is 0. The van der Waals surface area contributed by atoms with Gasteiger partial charge in [0.25, 0.3) is 0 Å². The fourth-order valence-corrected chi connectivity index (χ4v) is 5.41. The van der Waals surface area contributed by atoms with Crippen LogP contribution in [0.5, 0.6) is 34.5 Å². The van der Waals surface area contributed by atoms with Crippen molar-refractivity contribution in [2.45, 2.75) is 24.0 Å². The molecule has 39 heavy (non-hydrogen) atoms. The molecule has 5 rings (SSSR count).